The average Bonchev–Trinajstić information content (AvgIpc) is 3.28. The number of aliphatic carboxylic acids is 1. The molecular formula is C57H110NO8+. The third kappa shape index (κ3) is 49.9. The van der Waals surface area contributed by atoms with Gasteiger partial charge in [0, 0.05) is 12.8 Å². The highest BCUT2D eigenvalue weighted by molar-refractivity contribution is 5.71. The van der Waals surface area contributed by atoms with Crippen LogP contribution in [0, 0.1) is 0 Å². The van der Waals surface area contributed by atoms with Gasteiger partial charge < -0.3 is 28.5 Å². The molecule has 0 bridgehead atoms. The Morgan fingerprint density at radius 1 is 0.439 bits per heavy atom. The normalized spacial score (nSPS) is 12.8. The minimum atomic E-state index is -1.50. The minimum Gasteiger partial charge on any atom is -0.477 e. The third-order valence-electron chi connectivity index (χ3n) is 12.8. The summed E-state index contributed by atoms with van der Waals surface area (Å²) in [5.41, 5.74) is 0. The van der Waals surface area contributed by atoms with Crippen LogP contribution in [0.5, 0.6) is 0 Å². The standard InChI is InChI=1S/C57H109NO8/c1-6-8-10-12-14-16-18-20-22-24-25-26-27-28-29-30-31-32-34-36-38-40-42-44-46-48-55(60)66-53(52-65-57(56(61)62)63-50-49-58(3,4)5)51-64-54(59)47-45-43-41-39-37-35-33-23-21-19-17-15-13-11-9-7-2/h24-25,53,57H,6-23,26-52H2,1-5H3/p+1/b25-24-. The van der Waals surface area contributed by atoms with Crippen LogP contribution in [0.25, 0.3) is 0 Å². The summed E-state index contributed by atoms with van der Waals surface area (Å²) < 4.78 is 22.9. The maximum absolute atomic E-state index is 12.9. The summed E-state index contributed by atoms with van der Waals surface area (Å²) in [6.45, 7) is 4.93. The summed E-state index contributed by atoms with van der Waals surface area (Å²) in [7, 11) is 5.98. The second-order valence-electron chi connectivity index (χ2n) is 20.6. The molecule has 0 saturated carbocycles. The fourth-order valence-electron chi connectivity index (χ4n) is 8.36. The molecule has 0 aliphatic rings. The highest BCUT2D eigenvalue weighted by Crippen LogP contribution is 2.17. The van der Waals surface area contributed by atoms with Gasteiger partial charge in [0.2, 0.25) is 0 Å². The van der Waals surface area contributed by atoms with E-state index in [0.29, 0.717) is 17.4 Å². The van der Waals surface area contributed by atoms with Gasteiger partial charge in [-0.2, -0.15) is 0 Å². The van der Waals surface area contributed by atoms with Crippen molar-refractivity contribution in [2.75, 3.05) is 47.5 Å². The Kier molecular flexibility index (Phi) is 48.0. The lowest BCUT2D eigenvalue weighted by Crippen LogP contribution is -2.40. The average molecular weight is 938 g/mol. The Labute approximate surface area is 408 Å². The highest BCUT2D eigenvalue weighted by atomic mass is 16.7. The number of hydrogen-bond donors (Lipinski definition) is 1. The summed E-state index contributed by atoms with van der Waals surface area (Å²) in [6.07, 6.45) is 52.8. The Bertz CT molecular complexity index is 1090. The zero-order valence-electron chi connectivity index (χ0n) is 44.4. The van der Waals surface area contributed by atoms with Gasteiger partial charge in [-0.05, 0) is 38.5 Å². The van der Waals surface area contributed by atoms with Crippen molar-refractivity contribution in [1.82, 2.24) is 0 Å². The summed E-state index contributed by atoms with van der Waals surface area (Å²) in [5.74, 6) is -1.98. The molecule has 9 nitrogen and oxygen atoms in total. The van der Waals surface area contributed by atoms with E-state index in [9.17, 15) is 19.5 Å². The van der Waals surface area contributed by atoms with E-state index in [4.69, 9.17) is 18.9 Å². The number of quaternary nitrogens is 1. The molecule has 0 aliphatic heterocycles. The molecule has 0 aromatic heterocycles. The number of hydrogen-bond acceptors (Lipinski definition) is 7. The predicted octanol–water partition coefficient (Wildman–Crippen LogP) is 16.2. The molecule has 390 valence electrons. The van der Waals surface area contributed by atoms with Crippen molar-refractivity contribution in [3.05, 3.63) is 12.2 Å². The van der Waals surface area contributed by atoms with Crippen molar-refractivity contribution >= 4 is 17.9 Å². The molecule has 0 aliphatic carbocycles. The quantitative estimate of drug-likeness (QED) is 0.0211. The van der Waals surface area contributed by atoms with E-state index in [-0.39, 0.29) is 38.2 Å². The highest BCUT2D eigenvalue weighted by Gasteiger charge is 2.25. The van der Waals surface area contributed by atoms with E-state index in [0.717, 1.165) is 38.5 Å². The van der Waals surface area contributed by atoms with Crippen molar-refractivity contribution in [2.45, 2.75) is 289 Å². The first-order valence-electron chi connectivity index (χ1n) is 28.4. The SMILES string of the molecule is CCCCCCCCCC/C=C\CCCCCCCCCCCCCCCC(=O)OC(COC(=O)CCCCCCCCCCCCCCCCCC)COC(OCC[N+](C)(C)C)C(=O)O. The Morgan fingerprint density at radius 3 is 1.12 bits per heavy atom. The number of carboxylic acids is 1. The number of ether oxygens (including phenoxy) is 4. The zero-order chi connectivity index (χ0) is 48.4. The van der Waals surface area contributed by atoms with E-state index < -0.39 is 18.4 Å². The number of unbranched alkanes of at least 4 members (excludes halogenated alkanes) is 36. The molecule has 0 radical (unpaired) electrons. The van der Waals surface area contributed by atoms with Gasteiger partial charge in [-0.1, -0.05) is 238 Å². The molecule has 0 saturated heterocycles. The van der Waals surface area contributed by atoms with Crippen molar-refractivity contribution in [3.63, 3.8) is 0 Å². The Balaban J connectivity index is 4.20. The summed E-state index contributed by atoms with van der Waals surface area (Å²) in [6, 6.07) is 0. The summed E-state index contributed by atoms with van der Waals surface area (Å²) in [4.78, 5) is 37.4. The van der Waals surface area contributed by atoms with Crippen molar-refractivity contribution in [1.29, 1.82) is 0 Å². The van der Waals surface area contributed by atoms with Crippen LogP contribution in [0.3, 0.4) is 0 Å². The number of likely N-dealkylation sites (N-methyl/N-ethyl adjacent to an activating group) is 1. The molecule has 0 heterocycles. The van der Waals surface area contributed by atoms with Crippen LogP contribution in [0.1, 0.15) is 277 Å². The number of esters is 2. The number of carbonyl (C=O) groups is 3. The Hall–Kier alpha value is -1.97. The van der Waals surface area contributed by atoms with E-state index in [1.807, 2.05) is 21.1 Å². The van der Waals surface area contributed by atoms with Crippen molar-refractivity contribution < 1.29 is 42.9 Å². The molecule has 2 atom stereocenters. The third-order valence-corrected chi connectivity index (χ3v) is 12.8. The fraction of sp³-hybridized carbons (Fsp3) is 0.912. The number of carboxylic acid groups (broad SMARTS) is 1. The maximum atomic E-state index is 12.9. The van der Waals surface area contributed by atoms with Gasteiger partial charge in [0.05, 0.1) is 34.4 Å². The molecule has 0 rings (SSSR count). The van der Waals surface area contributed by atoms with Gasteiger partial charge >= 0.3 is 17.9 Å². The van der Waals surface area contributed by atoms with E-state index in [1.165, 1.54) is 212 Å². The lowest BCUT2D eigenvalue weighted by molar-refractivity contribution is -0.870. The fourth-order valence-corrected chi connectivity index (χ4v) is 8.36. The largest absolute Gasteiger partial charge is 0.477 e. The van der Waals surface area contributed by atoms with Gasteiger partial charge in [-0.3, -0.25) is 9.59 Å². The molecule has 0 spiro atoms. The van der Waals surface area contributed by atoms with Gasteiger partial charge in [-0.25, -0.2) is 4.79 Å². The predicted molar refractivity (Wildman–Crippen MR) is 277 cm³/mol. The first kappa shape index (κ1) is 64.0. The lowest BCUT2D eigenvalue weighted by atomic mass is 10.0. The number of nitrogens with zero attached hydrogens (tertiary/aromatic N) is 1. The number of allylic oxidation sites excluding steroid dienone is 2. The molecule has 0 amide bonds. The minimum absolute atomic E-state index is 0.175. The topological polar surface area (TPSA) is 108 Å². The first-order valence-corrected chi connectivity index (χ1v) is 28.4. The van der Waals surface area contributed by atoms with Gasteiger partial charge in [-0.15, -0.1) is 0 Å². The lowest BCUT2D eigenvalue weighted by Gasteiger charge is -2.25. The zero-order valence-corrected chi connectivity index (χ0v) is 44.4. The molecule has 0 fully saturated rings. The molecule has 9 heteroatoms. The van der Waals surface area contributed by atoms with E-state index in [1.54, 1.807) is 0 Å². The second kappa shape index (κ2) is 49.5. The molecule has 66 heavy (non-hydrogen) atoms. The molecular weight excluding hydrogens is 827 g/mol. The maximum Gasteiger partial charge on any atom is 0.361 e. The van der Waals surface area contributed by atoms with Crippen LogP contribution < -0.4 is 0 Å². The summed E-state index contributed by atoms with van der Waals surface area (Å²) >= 11 is 0. The van der Waals surface area contributed by atoms with E-state index in [2.05, 4.69) is 26.0 Å². The molecule has 2 unspecified atom stereocenters. The van der Waals surface area contributed by atoms with Crippen LogP contribution in [0.15, 0.2) is 12.2 Å². The molecule has 0 aromatic carbocycles. The van der Waals surface area contributed by atoms with Crippen LogP contribution in [0.2, 0.25) is 0 Å². The van der Waals surface area contributed by atoms with Gasteiger partial charge in [0.15, 0.2) is 6.10 Å². The van der Waals surface area contributed by atoms with E-state index >= 15 is 0 Å². The number of rotatable bonds is 53. The summed E-state index contributed by atoms with van der Waals surface area (Å²) in [5, 5.41) is 9.69. The smallest absolute Gasteiger partial charge is 0.361 e. The van der Waals surface area contributed by atoms with Crippen molar-refractivity contribution in [2.24, 2.45) is 0 Å². The van der Waals surface area contributed by atoms with Gasteiger partial charge in [0.1, 0.15) is 13.2 Å². The monoisotopic (exact) mass is 937 g/mol. The van der Waals surface area contributed by atoms with Crippen LogP contribution >= 0.6 is 0 Å². The van der Waals surface area contributed by atoms with Crippen LogP contribution in [-0.2, 0) is 33.3 Å². The first-order chi connectivity index (χ1) is 32.1. The van der Waals surface area contributed by atoms with Crippen LogP contribution in [-0.4, -0.2) is 87.4 Å². The van der Waals surface area contributed by atoms with Crippen LogP contribution in [0.4, 0.5) is 0 Å². The second-order valence-corrected chi connectivity index (χ2v) is 20.6. The molecule has 1 N–H and O–H groups in total. The molecule has 0 aromatic rings. The van der Waals surface area contributed by atoms with Crippen molar-refractivity contribution in [3.8, 4) is 0 Å². The number of carbonyl (C=O) groups excluding carboxylic acids is 2. The van der Waals surface area contributed by atoms with Gasteiger partial charge in [0.25, 0.3) is 6.29 Å². The Morgan fingerprint density at radius 2 is 0.773 bits per heavy atom.